The number of amidine groups is 1. The summed E-state index contributed by atoms with van der Waals surface area (Å²) in [6, 6.07) is 5.19. The zero-order valence-electron chi connectivity index (χ0n) is 10.5. The van der Waals surface area contributed by atoms with Crippen molar-refractivity contribution in [3.8, 4) is 11.3 Å². The number of oxazole rings is 1. The van der Waals surface area contributed by atoms with Gasteiger partial charge in [0.1, 0.15) is 23.4 Å². The van der Waals surface area contributed by atoms with Gasteiger partial charge in [-0.2, -0.15) is 0 Å². The molecule has 0 bridgehead atoms. The summed E-state index contributed by atoms with van der Waals surface area (Å²) in [5, 5.41) is 7.86. The van der Waals surface area contributed by atoms with E-state index in [2.05, 4.69) is 15.0 Å². The molecule has 0 amide bonds. The molecule has 0 unspecified atom stereocenters. The van der Waals surface area contributed by atoms with Gasteiger partial charge in [-0.15, -0.1) is 0 Å². The second kappa shape index (κ2) is 4.57. The molecule has 6 nitrogen and oxygen atoms in total. The van der Waals surface area contributed by atoms with Crippen molar-refractivity contribution in [3.05, 3.63) is 41.1 Å². The topological polar surface area (TPSA) is 102 Å². The predicted molar refractivity (Wildman–Crippen MR) is 75.8 cm³/mol. The van der Waals surface area contributed by atoms with E-state index >= 15 is 0 Å². The highest BCUT2D eigenvalue weighted by Crippen LogP contribution is 2.30. The molecule has 20 heavy (non-hydrogen) atoms. The van der Waals surface area contributed by atoms with Gasteiger partial charge in [-0.05, 0) is 18.2 Å². The van der Waals surface area contributed by atoms with Crippen LogP contribution in [0.4, 0.5) is 0 Å². The van der Waals surface area contributed by atoms with Gasteiger partial charge >= 0.3 is 0 Å². The second-order valence-corrected chi connectivity index (χ2v) is 4.65. The van der Waals surface area contributed by atoms with E-state index in [1.807, 2.05) is 6.07 Å². The summed E-state index contributed by atoms with van der Waals surface area (Å²) < 4.78 is 5.42. The van der Waals surface area contributed by atoms with Crippen LogP contribution in [0.1, 0.15) is 11.6 Å². The first-order valence-corrected chi connectivity index (χ1v) is 6.16. The Labute approximate surface area is 119 Å². The van der Waals surface area contributed by atoms with Gasteiger partial charge in [0, 0.05) is 12.5 Å². The van der Waals surface area contributed by atoms with Gasteiger partial charge in [0.15, 0.2) is 11.5 Å². The minimum absolute atomic E-state index is 0.113. The Bertz CT molecular complexity index is 827. The SMILES string of the molecule is Cc1nc2cc(-c3cc(C(=N)N)ncn3)cc(Cl)c2o1. The third-order valence-electron chi connectivity index (χ3n) is 2.79. The summed E-state index contributed by atoms with van der Waals surface area (Å²) in [5.74, 6) is 0.435. The number of hydrogen-bond acceptors (Lipinski definition) is 5. The van der Waals surface area contributed by atoms with Gasteiger partial charge in [-0.3, -0.25) is 5.41 Å². The number of nitrogen functional groups attached to an aromatic ring is 1. The number of halogens is 1. The highest BCUT2D eigenvalue weighted by molar-refractivity contribution is 6.35. The van der Waals surface area contributed by atoms with E-state index in [0.717, 1.165) is 5.56 Å². The molecular formula is C13H10ClN5O. The largest absolute Gasteiger partial charge is 0.439 e. The Morgan fingerprint density at radius 3 is 2.85 bits per heavy atom. The third kappa shape index (κ3) is 2.10. The number of benzene rings is 1. The van der Waals surface area contributed by atoms with E-state index < -0.39 is 0 Å². The molecule has 3 rings (SSSR count). The molecule has 0 aliphatic carbocycles. The van der Waals surface area contributed by atoms with Gasteiger partial charge in [-0.25, -0.2) is 15.0 Å². The Morgan fingerprint density at radius 1 is 1.30 bits per heavy atom. The number of nitrogens with zero attached hydrogens (tertiary/aromatic N) is 3. The summed E-state index contributed by atoms with van der Waals surface area (Å²) in [7, 11) is 0. The summed E-state index contributed by atoms with van der Waals surface area (Å²) in [5.41, 5.74) is 8.38. The summed E-state index contributed by atoms with van der Waals surface area (Å²) in [6.45, 7) is 1.76. The lowest BCUT2D eigenvalue weighted by atomic mass is 10.1. The lowest BCUT2D eigenvalue weighted by Gasteiger charge is -2.03. The first-order valence-electron chi connectivity index (χ1n) is 5.78. The van der Waals surface area contributed by atoms with Crippen LogP contribution in [0.3, 0.4) is 0 Å². The fourth-order valence-corrected chi connectivity index (χ4v) is 2.17. The van der Waals surface area contributed by atoms with Crippen molar-refractivity contribution in [3.63, 3.8) is 0 Å². The van der Waals surface area contributed by atoms with Crippen molar-refractivity contribution in [1.82, 2.24) is 15.0 Å². The second-order valence-electron chi connectivity index (χ2n) is 4.24. The van der Waals surface area contributed by atoms with E-state index in [1.165, 1.54) is 6.33 Å². The zero-order chi connectivity index (χ0) is 14.3. The van der Waals surface area contributed by atoms with Gasteiger partial charge in [0.05, 0.1) is 10.7 Å². The first-order chi connectivity index (χ1) is 9.54. The molecule has 0 radical (unpaired) electrons. The number of fused-ring (bicyclic) bond motifs is 1. The Morgan fingerprint density at radius 2 is 2.10 bits per heavy atom. The minimum atomic E-state index is -0.113. The molecule has 100 valence electrons. The monoisotopic (exact) mass is 287 g/mol. The molecule has 1 aromatic carbocycles. The fourth-order valence-electron chi connectivity index (χ4n) is 1.91. The lowest BCUT2D eigenvalue weighted by molar-refractivity contribution is 0.561. The van der Waals surface area contributed by atoms with Gasteiger partial charge in [0.25, 0.3) is 0 Å². The normalized spacial score (nSPS) is 10.9. The average molecular weight is 288 g/mol. The van der Waals surface area contributed by atoms with E-state index in [-0.39, 0.29) is 5.84 Å². The minimum Gasteiger partial charge on any atom is -0.439 e. The molecule has 3 aromatic rings. The summed E-state index contributed by atoms with van der Waals surface area (Å²) in [6.07, 6.45) is 1.36. The smallest absolute Gasteiger partial charge is 0.192 e. The number of nitrogens with one attached hydrogen (secondary N) is 1. The van der Waals surface area contributed by atoms with Gasteiger partial charge < -0.3 is 10.2 Å². The fraction of sp³-hybridized carbons (Fsp3) is 0.0769. The van der Waals surface area contributed by atoms with Crippen LogP contribution < -0.4 is 5.73 Å². The predicted octanol–water partition coefficient (Wildman–Crippen LogP) is 2.53. The van der Waals surface area contributed by atoms with Crippen molar-refractivity contribution in [1.29, 1.82) is 5.41 Å². The molecule has 0 atom stereocenters. The highest BCUT2D eigenvalue weighted by atomic mass is 35.5. The number of aromatic nitrogens is 3. The quantitative estimate of drug-likeness (QED) is 0.557. The molecule has 0 saturated carbocycles. The maximum Gasteiger partial charge on any atom is 0.192 e. The maximum atomic E-state index is 7.41. The number of nitrogens with two attached hydrogens (primary N) is 1. The van der Waals surface area contributed by atoms with E-state index in [1.54, 1.807) is 19.1 Å². The molecule has 0 aliphatic rings. The van der Waals surface area contributed by atoms with Crippen LogP contribution in [0.15, 0.2) is 28.9 Å². The standard InChI is InChI=1S/C13H10ClN5O/c1-6-19-10-3-7(2-8(14)12(10)20-6)9-4-11(13(15)16)18-5-17-9/h2-5H,1H3,(H3,15,16). The Balaban J connectivity index is 2.19. The van der Waals surface area contributed by atoms with Crippen LogP contribution in [0.25, 0.3) is 22.4 Å². The van der Waals surface area contributed by atoms with Crippen molar-refractivity contribution >= 4 is 28.5 Å². The lowest BCUT2D eigenvalue weighted by Crippen LogP contribution is -2.13. The van der Waals surface area contributed by atoms with E-state index in [4.69, 9.17) is 27.2 Å². The van der Waals surface area contributed by atoms with Crippen molar-refractivity contribution in [2.75, 3.05) is 0 Å². The van der Waals surface area contributed by atoms with Crippen molar-refractivity contribution < 1.29 is 4.42 Å². The molecule has 2 heterocycles. The number of aryl methyl sites for hydroxylation is 1. The number of rotatable bonds is 2. The van der Waals surface area contributed by atoms with Crippen LogP contribution >= 0.6 is 11.6 Å². The van der Waals surface area contributed by atoms with E-state index in [9.17, 15) is 0 Å². The highest BCUT2D eigenvalue weighted by Gasteiger charge is 2.11. The Kier molecular flexibility index (Phi) is 2.87. The molecule has 3 N–H and O–H groups in total. The molecule has 0 aliphatic heterocycles. The zero-order valence-corrected chi connectivity index (χ0v) is 11.3. The van der Waals surface area contributed by atoms with Crippen molar-refractivity contribution in [2.24, 2.45) is 5.73 Å². The average Bonchev–Trinajstić information content (AvgIpc) is 2.80. The van der Waals surface area contributed by atoms with Gasteiger partial charge in [-0.1, -0.05) is 11.6 Å². The third-order valence-corrected chi connectivity index (χ3v) is 3.07. The van der Waals surface area contributed by atoms with Crippen LogP contribution in [-0.4, -0.2) is 20.8 Å². The molecule has 0 fully saturated rings. The number of hydrogen-bond donors (Lipinski definition) is 2. The Hall–Kier alpha value is -2.47. The van der Waals surface area contributed by atoms with Gasteiger partial charge in [0.2, 0.25) is 0 Å². The van der Waals surface area contributed by atoms with Crippen LogP contribution in [-0.2, 0) is 0 Å². The van der Waals surface area contributed by atoms with Crippen LogP contribution in [0, 0.1) is 12.3 Å². The molecule has 0 saturated heterocycles. The van der Waals surface area contributed by atoms with Crippen LogP contribution in [0.2, 0.25) is 5.02 Å². The molecular weight excluding hydrogens is 278 g/mol. The first kappa shape index (κ1) is 12.6. The molecule has 7 heteroatoms. The molecule has 0 spiro atoms. The summed E-state index contributed by atoms with van der Waals surface area (Å²) >= 11 is 6.18. The van der Waals surface area contributed by atoms with Crippen molar-refractivity contribution in [2.45, 2.75) is 6.92 Å². The summed E-state index contributed by atoms with van der Waals surface area (Å²) in [4.78, 5) is 12.3. The van der Waals surface area contributed by atoms with Crippen LogP contribution in [0.5, 0.6) is 0 Å². The molecule has 2 aromatic heterocycles. The maximum absolute atomic E-state index is 7.41. The van der Waals surface area contributed by atoms with E-state index in [0.29, 0.717) is 33.4 Å².